The zero-order chi connectivity index (χ0) is 30.1. The molecular formula is C30H31N3O6S3. The first kappa shape index (κ1) is 30.1. The van der Waals surface area contributed by atoms with Crippen molar-refractivity contribution in [1.82, 2.24) is 10.2 Å². The fourth-order valence-electron chi connectivity index (χ4n) is 4.82. The average Bonchev–Trinajstić information content (AvgIpc) is 3.47. The van der Waals surface area contributed by atoms with Crippen molar-refractivity contribution in [3.63, 3.8) is 0 Å². The molecule has 220 valence electrons. The normalized spacial score (nSPS) is 21.7. The van der Waals surface area contributed by atoms with Crippen LogP contribution in [-0.2, 0) is 37.6 Å². The number of ether oxygens (including phenoxy) is 1. The Hall–Kier alpha value is -3.35. The van der Waals surface area contributed by atoms with Crippen molar-refractivity contribution < 1.29 is 24.0 Å². The van der Waals surface area contributed by atoms with Crippen LogP contribution in [0.25, 0.3) is 0 Å². The molecule has 2 amide bonds. The van der Waals surface area contributed by atoms with Crippen molar-refractivity contribution in [2.75, 3.05) is 12.3 Å². The van der Waals surface area contributed by atoms with E-state index < -0.39 is 21.7 Å². The lowest BCUT2D eigenvalue weighted by Crippen LogP contribution is -2.74. The Bertz CT molecular complexity index is 1470. The van der Waals surface area contributed by atoms with Gasteiger partial charge in [-0.2, -0.15) is 0 Å². The molecular weight excluding hydrogens is 595 g/mol. The van der Waals surface area contributed by atoms with E-state index in [0.717, 1.165) is 9.77 Å². The Kier molecular flexibility index (Phi) is 8.68. The highest BCUT2D eigenvalue weighted by Gasteiger charge is 2.58. The molecule has 0 spiro atoms. The maximum Gasteiger partial charge on any atom is 0.325 e. The predicted octanol–water partition coefficient (Wildman–Crippen LogP) is 5.17. The van der Waals surface area contributed by atoms with Gasteiger partial charge in [0.2, 0.25) is 11.8 Å². The second-order valence-corrected chi connectivity index (χ2v) is 14.9. The van der Waals surface area contributed by atoms with Gasteiger partial charge in [-0.3, -0.25) is 24.5 Å². The standard InChI is InChI=1S/C30H31N3O6S3/c1-29(2,3)20-8-12-22(13-9-20)42-30(28(36)39-16-19-6-10-21(11-7-19)33(37)38)17-32-26(35)25(27(32)41-18-30)31-24(34)15-23-5-4-14-40-23/h4-14,25,27H,15-18H2,1-3H3,(H,31,34)/t25?,27-,30?/m1/s1. The molecule has 0 bridgehead atoms. The molecule has 2 fully saturated rings. The minimum absolute atomic E-state index is 0.0223. The number of nitrogens with one attached hydrogen (secondary N) is 1. The topological polar surface area (TPSA) is 119 Å². The molecule has 3 atom stereocenters. The Morgan fingerprint density at radius 1 is 1.14 bits per heavy atom. The zero-order valence-corrected chi connectivity index (χ0v) is 25.9. The van der Waals surface area contributed by atoms with E-state index in [2.05, 4.69) is 26.1 Å². The van der Waals surface area contributed by atoms with Crippen LogP contribution in [0.2, 0.25) is 0 Å². The number of β-lactam (4-membered cyclic amide) rings is 1. The summed E-state index contributed by atoms with van der Waals surface area (Å²) in [5.41, 5.74) is 1.72. The molecule has 2 aliphatic rings. The number of esters is 1. The lowest BCUT2D eigenvalue weighted by atomic mass is 9.87. The molecule has 0 radical (unpaired) electrons. The molecule has 1 aromatic heterocycles. The van der Waals surface area contributed by atoms with Crippen LogP contribution in [0.3, 0.4) is 0 Å². The minimum Gasteiger partial charge on any atom is -0.460 e. The third kappa shape index (κ3) is 6.50. The third-order valence-corrected chi connectivity index (χ3v) is 11.1. The van der Waals surface area contributed by atoms with Crippen molar-refractivity contribution in [3.05, 3.63) is 92.2 Å². The smallest absolute Gasteiger partial charge is 0.325 e. The number of benzene rings is 2. The number of nitro benzene ring substituents is 1. The number of nitrogens with zero attached hydrogens (tertiary/aromatic N) is 2. The lowest BCUT2D eigenvalue weighted by molar-refractivity contribution is -0.384. The average molecular weight is 626 g/mol. The van der Waals surface area contributed by atoms with Crippen LogP contribution in [0.1, 0.15) is 36.8 Å². The van der Waals surface area contributed by atoms with Crippen molar-refractivity contribution in [1.29, 1.82) is 0 Å². The zero-order valence-electron chi connectivity index (χ0n) is 23.4. The predicted molar refractivity (Wildman–Crippen MR) is 165 cm³/mol. The summed E-state index contributed by atoms with van der Waals surface area (Å²) in [5, 5.41) is 15.5. The highest BCUT2D eigenvalue weighted by Crippen LogP contribution is 2.47. The summed E-state index contributed by atoms with van der Waals surface area (Å²) in [5.74, 6) is -0.509. The second kappa shape index (κ2) is 12.1. The lowest BCUT2D eigenvalue weighted by Gasteiger charge is -2.53. The number of nitro groups is 1. The molecule has 3 heterocycles. The molecule has 2 unspecified atom stereocenters. The molecule has 3 aromatic rings. The first-order chi connectivity index (χ1) is 19.9. The summed E-state index contributed by atoms with van der Waals surface area (Å²) in [6.45, 7) is 6.50. The maximum atomic E-state index is 13.7. The Morgan fingerprint density at radius 3 is 2.48 bits per heavy atom. The Labute approximate surface area is 256 Å². The number of hydrogen-bond donors (Lipinski definition) is 1. The van der Waals surface area contributed by atoms with Gasteiger partial charge in [-0.25, -0.2) is 0 Å². The number of rotatable bonds is 9. The fourth-order valence-corrected chi connectivity index (χ4v) is 8.41. The number of carbonyl (C=O) groups is 3. The van der Waals surface area contributed by atoms with E-state index in [4.69, 9.17) is 4.74 Å². The van der Waals surface area contributed by atoms with E-state index in [1.54, 1.807) is 17.0 Å². The summed E-state index contributed by atoms with van der Waals surface area (Å²) >= 11 is 4.33. The van der Waals surface area contributed by atoms with Crippen LogP contribution in [-0.4, -0.2) is 56.1 Å². The number of fused-ring (bicyclic) bond motifs is 1. The summed E-state index contributed by atoms with van der Waals surface area (Å²) in [6.07, 6.45) is 0.220. The molecule has 0 saturated carbocycles. The van der Waals surface area contributed by atoms with E-state index >= 15 is 0 Å². The second-order valence-electron chi connectivity index (χ2n) is 11.3. The van der Waals surface area contributed by atoms with E-state index in [9.17, 15) is 24.5 Å². The van der Waals surface area contributed by atoms with Crippen molar-refractivity contribution in [2.45, 2.75) is 60.3 Å². The third-order valence-electron chi connectivity index (χ3n) is 7.21. The van der Waals surface area contributed by atoms with Crippen LogP contribution in [0.4, 0.5) is 5.69 Å². The van der Waals surface area contributed by atoms with Crippen LogP contribution in [0, 0.1) is 10.1 Å². The summed E-state index contributed by atoms with van der Waals surface area (Å²) in [6, 6.07) is 17.1. The molecule has 12 heteroatoms. The van der Waals surface area contributed by atoms with Gasteiger partial charge >= 0.3 is 5.97 Å². The number of thiophene rings is 1. The van der Waals surface area contributed by atoms with Crippen LogP contribution in [0.5, 0.6) is 0 Å². The molecule has 1 N–H and O–H groups in total. The Morgan fingerprint density at radius 2 is 1.86 bits per heavy atom. The maximum absolute atomic E-state index is 13.7. The number of hydrogen-bond acceptors (Lipinski definition) is 9. The van der Waals surface area contributed by atoms with Gasteiger partial charge in [-0.1, -0.05) is 39.0 Å². The molecule has 42 heavy (non-hydrogen) atoms. The van der Waals surface area contributed by atoms with Crippen LogP contribution >= 0.6 is 34.9 Å². The van der Waals surface area contributed by atoms with E-state index in [-0.39, 0.29) is 47.9 Å². The van der Waals surface area contributed by atoms with Gasteiger partial charge in [0.05, 0.1) is 11.3 Å². The first-order valence-electron chi connectivity index (χ1n) is 13.4. The van der Waals surface area contributed by atoms with Crippen LogP contribution < -0.4 is 5.32 Å². The quantitative estimate of drug-likeness (QED) is 0.150. The SMILES string of the molecule is CC(C)(C)c1ccc(SC2(C(=O)OCc3ccc([N+](=O)[O-])cc3)CS[C@@H]3C(NC(=O)Cc4cccs4)C(=O)N3C2)cc1. The van der Waals surface area contributed by atoms with Gasteiger partial charge in [0, 0.05) is 34.2 Å². The van der Waals surface area contributed by atoms with E-state index in [1.165, 1.54) is 52.6 Å². The molecule has 2 saturated heterocycles. The fraction of sp³-hybridized carbons (Fsp3) is 0.367. The summed E-state index contributed by atoms with van der Waals surface area (Å²) in [4.78, 5) is 53.5. The highest BCUT2D eigenvalue weighted by molar-refractivity contribution is 8.05. The van der Waals surface area contributed by atoms with Gasteiger partial charge in [0.25, 0.3) is 5.69 Å². The van der Waals surface area contributed by atoms with Gasteiger partial charge < -0.3 is 15.0 Å². The highest BCUT2D eigenvalue weighted by atomic mass is 32.2. The van der Waals surface area contributed by atoms with Crippen molar-refractivity contribution in [3.8, 4) is 0 Å². The first-order valence-corrected chi connectivity index (χ1v) is 16.1. The summed E-state index contributed by atoms with van der Waals surface area (Å²) in [7, 11) is 0. The van der Waals surface area contributed by atoms with Crippen molar-refractivity contribution >= 4 is 58.3 Å². The monoisotopic (exact) mass is 625 g/mol. The van der Waals surface area contributed by atoms with Crippen molar-refractivity contribution in [2.24, 2.45) is 0 Å². The Balaban J connectivity index is 1.31. The van der Waals surface area contributed by atoms with E-state index in [0.29, 0.717) is 11.3 Å². The number of amides is 2. The minimum atomic E-state index is -1.08. The van der Waals surface area contributed by atoms with Crippen LogP contribution in [0.15, 0.2) is 70.9 Å². The largest absolute Gasteiger partial charge is 0.460 e. The molecule has 2 aliphatic heterocycles. The van der Waals surface area contributed by atoms with Gasteiger partial charge in [0.15, 0.2) is 0 Å². The van der Waals surface area contributed by atoms with Gasteiger partial charge in [-0.05, 0) is 52.3 Å². The molecule has 0 aliphatic carbocycles. The van der Waals surface area contributed by atoms with E-state index in [1.807, 2.05) is 41.8 Å². The summed E-state index contributed by atoms with van der Waals surface area (Å²) < 4.78 is 4.69. The number of carbonyl (C=O) groups excluding carboxylic acids is 3. The molecule has 9 nitrogen and oxygen atoms in total. The molecule has 2 aromatic carbocycles. The van der Waals surface area contributed by atoms with Gasteiger partial charge in [-0.15, -0.1) is 34.9 Å². The molecule has 5 rings (SSSR count). The number of non-ortho nitro benzene ring substituents is 1. The van der Waals surface area contributed by atoms with Gasteiger partial charge in [0.1, 0.15) is 22.8 Å². The number of thioether (sulfide) groups is 2.